The molecule has 1 amide bonds. The van der Waals surface area contributed by atoms with Gasteiger partial charge in [0.05, 0.1) is 5.69 Å². The predicted molar refractivity (Wildman–Crippen MR) is 75.2 cm³/mol. The summed E-state index contributed by atoms with van der Waals surface area (Å²) in [5.74, 6) is 0.461. The summed E-state index contributed by atoms with van der Waals surface area (Å²) >= 11 is 1.49. The lowest BCUT2D eigenvalue weighted by atomic mass is 10.1. The Hall–Kier alpha value is -1.75. The number of aromatic nitrogens is 2. The number of hydrogen-bond donors (Lipinski definition) is 1. The molecule has 0 spiro atoms. The molecule has 1 aliphatic carbocycles. The van der Waals surface area contributed by atoms with Gasteiger partial charge in [-0.2, -0.15) is 0 Å². The molecule has 19 heavy (non-hydrogen) atoms. The molecule has 0 saturated heterocycles. The summed E-state index contributed by atoms with van der Waals surface area (Å²) in [6.07, 6.45) is 5.40. The molecule has 1 saturated carbocycles. The molecular formula is C14H15N3OS. The second-order valence-electron chi connectivity index (χ2n) is 4.72. The van der Waals surface area contributed by atoms with Gasteiger partial charge in [0.15, 0.2) is 5.13 Å². The molecule has 4 nitrogen and oxygen atoms in total. The Morgan fingerprint density at radius 1 is 1.58 bits per heavy atom. The van der Waals surface area contributed by atoms with Gasteiger partial charge in [0.2, 0.25) is 5.91 Å². The number of amides is 1. The zero-order valence-corrected chi connectivity index (χ0v) is 11.5. The molecule has 0 radical (unpaired) electrons. The molecule has 2 aromatic rings. The number of carbonyl (C=O) groups is 1. The Morgan fingerprint density at radius 3 is 3.16 bits per heavy atom. The molecule has 1 N–H and O–H groups in total. The first-order valence-corrected chi connectivity index (χ1v) is 7.31. The normalized spacial score (nSPS) is 21.1. The number of anilines is 1. The van der Waals surface area contributed by atoms with Gasteiger partial charge in [-0.25, -0.2) is 4.98 Å². The summed E-state index contributed by atoms with van der Waals surface area (Å²) in [6, 6.07) is 3.94. The second-order valence-corrected chi connectivity index (χ2v) is 5.58. The molecule has 2 atom stereocenters. The van der Waals surface area contributed by atoms with Crippen LogP contribution < -0.4 is 5.32 Å². The number of rotatable bonds is 4. The molecule has 0 aliphatic heterocycles. The van der Waals surface area contributed by atoms with Gasteiger partial charge in [-0.3, -0.25) is 9.78 Å². The van der Waals surface area contributed by atoms with Crippen LogP contribution in [0.3, 0.4) is 0 Å². The van der Waals surface area contributed by atoms with E-state index >= 15 is 0 Å². The van der Waals surface area contributed by atoms with Gasteiger partial charge in [0.1, 0.15) is 0 Å². The minimum Gasteiger partial charge on any atom is -0.302 e. The van der Waals surface area contributed by atoms with Gasteiger partial charge in [0.25, 0.3) is 0 Å². The second kappa shape index (κ2) is 5.09. The Kier molecular flexibility index (Phi) is 3.29. The summed E-state index contributed by atoms with van der Waals surface area (Å²) in [6.45, 7) is 2.06. The Bertz CT molecular complexity index is 581. The molecule has 0 unspecified atom stereocenters. The Balaban J connectivity index is 1.61. The predicted octanol–water partition coefficient (Wildman–Crippen LogP) is 2.84. The minimum atomic E-state index is 0.0678. The van der Waals surface area contributed by atoms with Crippen molar-refractivity contribution in [3.05, 3.63) is 41.2 Å². The molecule has 2 heterocycles. The van der Waals surface area contributed by atoms with E-state index in [-0.39, 0.29) is 11.8 Å². The van der Waals surface area contributed by atoms with Crippen LogP contribution in [0.4, 0.5) is 5.13 Å². The van der Waals surface area contributed by atoms with E-state index in [0.29, 0.717) is 11.0 Å². The lowest BCUT2D eigenvalue weighted by molar-refractivity contribution is -0.117. The van der Waals surface area contributed by atoms with E-state index in [2.05, 4.69) is 22.2 Å². The van der Waals surface area contributed by atoms with Crippen LogP contribution in [0.5, 0.6) is 0 Å². The van der Waals surface area contributed by atoms with Crippen LogP contribution in [0, 0.1) is 5.92 Å². The maximum absolute atomic E-state index is 12.1. The molecule has 0 aromatic carbocycles. The van der Waals surface area contributed by atoms with Gasteiger partial charge >= 0.3 is 0 Å². The zero-order valence-electron chi connectivity index (χ0n) is 10.7. The lowest BCUT2D eigenvalue weighted by Crippen LogP contribution is -2.14. The number of hydrogen-bond acceptors (Lipinski definition) is 4. The van der Waals surface area contributed by atoms with Crippen LogP contribution in [0.2, 0.25) is 0 Å². The first-order valence-electron chi connectivity index (χ1n) is 6.43. The maximum Gasteiger partial charge on any atom is 0.229 e. The minimum absolute atomic E-state index is 0.0678. The third-order valence-corrected chi connectivity index (χ3v) is 4.19. The topological polar surface area (TPSA) is 54.9 Å². The largest absolute Gasteiger partial charge is 0.302 e. The molecule has 5 heteroatoms. The number of nitrogens with zero attached hydrogens (tertiary/aromatic N) is 2. The van der Waals surface area contributed by atoms with Crippen LogP contribution >= 0.6 is 11.3 Å². The van der Waals surface area contributed by atoms with Crippen molar-refractivity contribution in [1.82, 2.24) is 9.97 Å². The molecular weight excluding hydrogens is 258 g/mol. The Labute approximate surface area is 115 Å². The first kappa shape index (κ1) is 12.3. The number of thiazole rings is 1. The molecule has 1 fully saturated rings. The van der Waals surface area contributed by atoms with Crippen molar-refractivity contribution in [2.75, 3.05) is 5.32 Å². The average molecular weight is 273 g/mol. The fraction of sp³-hybridized carbons (Fsp3) is 0.357. The van der Waals surface area contributed by atoms with Gasteiger partial charge < -0.3 is 5.32 Å². The van der Waals surface area contributed by atoms with E-state index < -0.39 is 0 Å². The molecule has 2 aromatic heterocycles. The van der Waals surface area contributed by atoms with Crippen molar-refractivity contribution < 1.29 is 4.79 Å². The summed E-state index contributed by atoms with van der Waals surface area (Å²) in [7, 11) is 0. The van der Waals surface area contributed by atoms with Crippen LogP contribution in [-0.2, 0) is 11.2 Å². The third kappa shape index (κ3) is 2.66. The smallest absolute Gasteiger partial charge is 0.229 e. The van der Waals surface area contributed by atoms with Crippen molar-refractivity contribution in [3.8, 4) is 0 Å². The third-order valence-electron chi connectivity index (χ3n) is 3.38. The lowest BCUT2D eigenvalue weighted by Gasteiger charge is -2.01. The fourth-order valence-electron chi connectivity index (χ4n) is 2.17. The highest BCUT2D eigenvalue weighted by Gasteiger charge is 2.44. The number of nitrogens with one attached hydrogen (secondary N) is 1. The highest BCUT2D eigenvalue weighted by atomic mass is 32.1. The van der Waals surface area contributed by atoms with E-state index in [9.17, 15) is 4.79 Å². The number of aryl methyl sites for hydroxylation is 1. The van der Waals surface area contributed by atoms with Crippen LogP contribution in [0.15, 0.2) is 29.9 Å². The SMILES string of the molecule is CCc1csc(NC(=O)[C@@H]2C[C@@H]2c2cccnc2)n1. The average Bonchev–Trinajstić information content (AvgIpc) is 3.13. The maximum atomic E-state index is 12.1. The van der Waals surface area contributed by atoms with Gasteiger partial charge in [-0.15, -0.1) is 11.3 Å². The molecule has 3 rings (SSSR count). The molecule has 0 bridgehead atoms. The summed E-state index contributed by atoms with van der Waals surface area (Å²) in [4.78, 5) is 20.5. The van der Waals surface area contributed by atoms with Crippen molar-refractivity contribution in [3.63, 3.8) is 0 Å². The monoisotopic (exact) mass is 273 g/mol. The highest BCUT2D eigenvalue weighted by Crippen LogP contribution is 2.47. The van der Waals surface area contributed by atoms with Gasteiger partial charge in [0, 0.05) is 23.7 Å². The van der Waals surface area contributed by atoms with E-state index in [4.69, 9.17) is 0 Å². The van der Waals surface area contributed by atoms with Crippen molar-refractivity contribution >= 4 is 22.4 Å². The van der Waals surface area contributed by atoms with Crippen LogP contribution in [0.1, 0.15) is 30.5 Å². The number of carbonyl (C=O) groups excluding carboxylic acids is 1. The molecule has 98 valence electrons. The summed E-state index contributed by atoms with van der Waals surface area (Å²) < 4.78 is 0. The first-order chi connectivity index (χ1) is 9.28. The highest BCUT2D eigenvalue weighted by molar-refractivity contribution is 7.13. The van der Waals surface area contributed by atoms with E-state index in [1.165, 1.54) is 11.3 Å². The Morgan fingerprint density at radius 2 is 2.47 bits per heavy atom. The van der Waals surface area contributed by atoms with E-state index in [1.807, 2.05) is 23.7 Å². The van der Waals surface area contributed by atoms with E-state index in [1.54, 1.807) is 6.20 Å². The van der Waals surface area contributed by atoms with E-state index in [0.717, 1.165) is 24.1 Å². The number of pyridine rings is 1. The zero-order chi connectivity index (χ0) is 13.2. The standard InChI is InChI=1S/C14H15N3OS/c1-2-10-8-19-14(16-10)17-13(18)12-6-11(12)9-4-3-5-15-7-9/h3-5,7-8,11-12H,2,6H2,1H3,(H,16,17,18)/t11-,12-/m1/s1. The quantitative estimate of drug-likeness (QED) is 0.932. The fourth-order valence-corrected chi connectivity index (χ4v) is 2.97. The molecule has 1 aliphatic rings. The van der Waals surface area contributed by atoms with Gasteiger partial charge in [-0.1, -0.05) is 13.0 Å². The van der Waals surface area contributed by atoms with Gasteiger partial charge in [-0.05, 0) is 30.4 Å². The van der Waals surface area contributed by atoms with Crippen molar-refractivity contribution in [1.29, 1.82) is 0 Å². The summed E-state index contributed by atoms with van der Waals surface area (Å²) in [5.41, 5.74) is 2.18. The van der Waals surface area contributed by atoms with Crippen molar-refractivity contribution in [2.24, 2.45) is 5.92 Å². The summed E-state index contributed by atoms with van der Waals surface area (Å²) in [5, 5.41) is 5.60. The van der Waals surface area contributed by atoms with Crippen molar-refractivity contribution in [2.45, 2.75) is 25.7 Å². The van der Waals surface area contributed by atoms with Crippen LogP contribution in [0.25, 0.3) is 0 Å². The van der Waals surface area contributed by atoms with Crippen LogP contribution in [-0.4, -0.2) is 15.9 Å².